The van der Waals surface area contributed by atoms with E-state index < -0.39 is 6.10 Å². The van der Waals surface area contributed by atoms with Crippen LogP contribution < -0.4 is 9.64 Å². The lowest BCUT2D eigenvalue weighted by atomic mass is 10.1. The molecule has 3 aromatic carbocycles. The summed E-state index contributed by atoms with van der Waals surface area (Å²) in [5.74, 6) is 0.793. The van der Waals surface area contributed by atoms with E-state index in [1.807, 2.05) is 6.92 Å². The molecule has 1 atom stereocenters. The van der Waals surface area contributed by atoms with Crippen LogP contribution in [0.4, 0.5) is 5.69 Å². The summed E-state index contributed by atoms with van der Waals surface area (Å²) in [6.45, 7) is 6.39. The molecule has 1 unspecified atom stereocenters. The largest absolute Gasteiger partial charge is 0.491 e. The lowest BCUT2D eigenvalue weighted by Crippen LogP contribution is -2.49. The number of rotatable bonds is 8. The van der Waals surface area contributed by atoms with Gasteiger partial charge in [-0.05, 0) is 35.7 Å². The third-order valence-electron chi connectivity index (χ3n) is 5.89. The first-order valence-corrected chi connectivity index (χ1v) is 11.0. The highest BCUT2D eigenvalue weighted by atomic mass is 16.5. The van der Waals surface area contributed by atoms with E-state index in [1.54, 1.807) is 24.3 Å². The SMILES string of the molecule is CCC(=O)c1ccc(OCC(O)CN2CCN(c3cccc4ccccc34)CC2)cc1. The Morgan fingerprint density at radius 2 is 1.68 bits per heavy atom. The second kappa shape index (κ2) is 9.94. The number of carbonyl (C=O) groups is 1. The van der Waals surface area contributed by atoms with E-state index in [4.69, 9.17) is 4.74 Å². The molecule has 0 aromatic heterocycles. The lowest BCUT2D eigenvalue weighted by Gasteiger charge is -2.37. The molecule has 1 N–H and O–H groups in total. The van der Waals surface area contributed by atoms with Gasteiger partial charge in [-0.15, -0.1) is 0 Å². The molecule has 1 heterocycles. The number of aliphatic hydroxyl groups is 1. The van der Waals surface area contributed by atoms with Crippen LogP contribution in [0.25, 0.3) is 10.8 Å². The fourth-order valence-electron chi connectivity index (χ4n) is 4.14. The Hall–Kier alpha value is -2.89. The summed E-state index contributed by atoms with van der Waals surface area (Å²) < 4.78 is 5.72. The maximum atomic E-state index is 11.7. The van der Waals surface area contributed by atoms with Crippen LogP contribution in [0.2, 0.25) is 0 Å². The van der Waals surface area contributed by atoms with Crippen molar-refractivity contribution in [1.29, 1.82) is 0 Å². The third kappa shape index (κ3) is 5.24. The Labute approximate surface area is 183 Å². The number of hydrogen-bond donors (Lipinski definition) is 1. The number of piperazine rings is 1. The molecule has 1 aliphatic heterocycles. The van der Waals surface area contributed by atoms with Gasteiger partial charge in [0.15, 0.2) is 5.78 Å². The minimum absolute atomic E-state index is 0.120. The molecule has 5 heteroatoms. The first kappa shape index (κ1) is 21.3. The lowest BCUT2D eigenvalue weighted by molar-refractivity contribution is 0.0663. The van der Waals surface area contributed by atoms with Gasteiger partial charge in [0.1, 0.15) is 18.5 Å². The van der Waals surface area contributed by atoms with Crippen LogP contribution in [0, 0.1) is 0 Å². The second-order valence-corrected chi connectivity index (χ2v) is 8.05. The molecule has 0 radical (unpaired) electrons. The number of β-amino-alcohol motifs (C(OH)–C–C–N with tert-alkyl or cyclic N) is 1. The van der Waals surface area contributed by atoms with Crippen LogP contribution in [0.15, 0.2) is 66.7 Å². The highest BCUT2D eigenvalue weighted by Crippen LogP contribution is 2.27. The summed E-state index contributed by atoms with van der Waals surface area (Å²) in [4.78, 5) is 16.4. The zero-order chi connectivity index (χ0) is 21.6. The Bertz CT molecular complexity index is 1010. The van der Waals surface area contributed by atoms with Crippen LogP contribution in [-0.2, 0) is 0 Å². The van der Waals surface area contributed by atoms with Gasteiger partial charge in [0.25, 0.3) is 0 Å². The monoisotopic (exact) mass is 418 g/mol. The molecule has 4 rings (SSSR count). The fraction of sp³-hybridized carbons (Fsp3) is 0.346. The van der Waals surface area contributed by atoms with Gasteiger partial charge in [-0.2, -0.15) is 0 Å². The van der Waals surface area contributed by atoms with Crippen molar-refractivity contribution in [1.82, 2.24) is 4.90 Å². The first-order valence-electron chi connectivity index (χ1n) is 11.0. The standard InChI is InChI=1S/C26H30N2O3/c1-2-26(30)21-10-12-23(13-11-21)31-19-22(29)18-27-14-16-28(17-15-27)25-9-5-7-20-6-3-4-8-24(20)25/h3-13,22,29H,2,14-19H2,1H3. The number of carbonyl (C=O) groups excluding carboxylic acids is 1. The van der Waals surface area contributed by atoms with E-state index in [0.717, 1.165) is 26.2 Å². The van der Waals surface area contributed by atoms with Crippen molar-refractivity contribution in [2.45, 2.75) is 19.4 Å². The molecule has 1 aliphatic rings. The average Bonchev–Trinajstić information content (AvgIpc) is 2.83. The molecule has 1 saturated heterocycles. The number of benzene rings is 3. The minimum atomic E-state index is -0.555. The van der Waals surface area contributed by atoms with E-state index in [9.17, 15) is 9.90 Å². The van der Waals surface area contributed by atoms with Gasteiger partial charge < -0.3 is 14.7 Å². The zero-order valence-electron chi connectivity index (χ0n) is 18.0. The van der Waals surface area contributed by atoms with Crippen molar-refractivity contribution in [2.24, 2.45) is 0 Å². The Morgan fingerprint density at radius 1 is 0.968 bits per heavy atom. The zero-order valence-corrected chi connectivity index (χ0v) is 18.0. The van der Waals surface area contributed by atoms with Crippen molar-refractivity contribution in [3.63, 3.8) is 0 Å². The van der Waals surface area contributed by atoms with E-state index in [1.165, 1.54) is 16.5 Å². The van der Waals surface area contributed by atoms with Gasteiger partial charge >= 0.3 is 0 Å². The van der Waals surface area contributed by atoms with Gasteiger partial charge in [-0.3, -0.25) is 9.69 Å². The minimum Gasteiger partial charge on any atom is -0.491 e. The van der Waals surface area contributed by atoms with E-state index in [2.05, 4.69) is 52.3 Å². The predicted octanol–water partition coefficient (Wildman–Crippen LogP) is 3.99. The number of ketones is 1. The molecule has 0 spiro atoms. The number of Topliss-reactive ketones (excluding diaryl/α,β-unsaturated/α-hetero) is 1. The maximum Gasteiger partial charge on any atom is 0.162 e. The molecular formula is C26H30N2O3. The van der Waals surface area contributed by atoms with Gasteiger partial charge in [0.05, 0.1) is 0 Å². The van der Waals surface area contributed by atoms with Gasteiger partial charge in [0.2, 0.25) is 0 Å². The molecule has 0 amide bonds. The smallest absolute Gasteiger partial charge is 0.162 e. The van der Waals surface area contributed by atoms with E-state index in [0.29, 0.717) is 24.3 Å². The number of hydrogen-bond acceptors (Lipinski definition) is 5. The number of aliphatic hydroxyl groups excluding tert-OH is 1. The van der Waals surface area contributed by atoms with E-state index >= 15 is 0 Å². The van der Waals surface area contributed by atoms with Crippen LogP contribution in [0.5, 0.6) is 5.75 Å². The molecule has 3 aromatic rings. The number of ether oxygens (including phenoxy) is 1. The van der Waals surface area contributed by atoms with Crippen LogP contribution in [0.1, 0.15) is 23.7 Å². The van der Waals surface area contributed by atoms with Crippen molar-refractivity contribution in [3.05, 3.63) is 72.3 Å². The quantitative estimate of drug-likeness (QED) is 0.561. The number of nitrogens with zero attached hydrogens (tertiary/aromatic N) is 2. The highest BCUT2D eigenvalue weighted by molar-refractivity contribution is 5.96. The molecule has 31 heavy (non-hydrogen) atoms. The van der Waals surface area contributed by atoms with Gasteiger partial charge in [-0.25, -0.2) is 0 Å². The number of anilines is 1. The molecular weight excluding hydrogens is 388 g/mol. The summed E-state index contributed by atoms with van der Waals surface area (Å²) >= 11 is 0. The molecule has 1 fully saturated rings. The van der Waals surface area contributed by atoms with E-state index in [-0.39, 0.29) is 12.4 Å². The molecule has 0 saturated carbocycles. The van der Waals surface area contributed by atoms with Crippen molar-refractivity contribution in [3.8, 4) is 5.75 Å². The topological polar surface area (TPSA) is 53.0 Å². The van der Waals surface area contributed by atoms with Crippen molar-refractivity contribution >= 4 is 22.2 Å². The van der Waals surface area contributed by atoms with Crippen molar-refractivity contribution < 1.29 is 14.6 Å². The predicted molar refractivity (Wildman–Crippen MR) is 125 cm³/mol. The van der Waals surface area contributed by atoms with Gasteiger partial charge in [-0.1, -0.05) is 43.3 Å². The molecule has 0 aliphatic carbocycles. The highest BCUT2D eigenvalue weighted by Gasteiger charge is 2.20. The Balaban J connectivity index is 1.25. The first-order chi connectivity index (χ1) is 15.1. The van der Waals surface area contributed by atoms with Crippen LogP contribution >= 0.6 is 0 Å². The summed E-state index contributed by atoms with van der Waals surface area (Å²) in [5, 5.41) is 13.0. The second-order valence-electron chi connectivity index (χ2n) is 8.05. The average molecular weight is 419 g/mol. The van der Waals surface area contributed by atoms with Crippen molar-refractivity contribution in [2.75, 3.05) is 44.2 Å². The Kier molecular flexibility index (Phi) is 6.85. The molecule has 162 valence electrons. The summed E-state index contributed by atoms with van der Waals surface area (Å²) in [5.41, 5.74) is 1.98. The normalized spacial score (nSPS) is 15.7. The van der Waals surface area contributed by atoms with Gasteiger partial charge in [0, 0.05) is 55.8 Å². The van der Waals surface area contributed by atoms with Crippen LogP contribution in [-0.4, -0.2) is 61.2 Å². The summed E-state index contributed by atoms with van der Waals surface area (Å²) in [6.07, 6.45) is -0.0618. The number of fused-ring (bicyclic) bond motifs is 1. The fourth-order valence-corrected chi connectivity index (χ4v) is 4.14. The Morgan fingerprint density at radius 3 is 2.42 bits per heavy atom. The summed E-state index contributed by atoms with van der Waals surface area (Å²) in [6, 6.07) is 22.1. The molecule has 5 nitrogen and oxygen atoms in total. The maximum absolute atomic E-state index is 11.7. The van der Waals surface area contributed by atoms with Crippen LogP contribution in [0.3, 0.4) is 0 Å². The molecule has 0 bridgehead atoms. The summed E-state index contributed by atoms with van der Waals surface area (Å²) in [7, 11) is 0. The third-order valence-corrected chi connectivity index (χ3v) is 5.89.